The van der Waals surface area contributed by atoms with Gasteiger partial charge in [0, 0.05) is 55.8 Å². The molecule has 3 aromatic heterocycles. The van der Waals surface area contributed by atoms with Crippen molar-refractivity contribution in [3.8, 4) is 17.2 Å². The van der Waals surface area contributed by atoms with Crippen LogP contribution in [0, 0.1) is 0 Å². The second-order valence-electron chi connectivity index (χ2n) is 23.0. The fraction of sp³-hybridized carbons (Fsp3) is 0.344. The molecule has 24 nitrogen and oxygen atoms in total. The lowest BCUT2D eigenvalue weighted by molar-refractivity contribution is -0.277. The molecule has 0 saturated carbocycles. The van der Waals surface area contributed by atoms with Crippen molar-refractivity contribution in [3.63, 3.8) is 0 Å². The van der Waals surface area contributed by atoms with Crippen molar-refractivity contribution in [2.24, 2.45) is 0 Å². The Bertz CT molecular complexity index is 4100. The number of halogens is 6. The van der Waals surface area contributed by atoms with E-state index in [2.05, 4.69) is 20.3 Å². The molecule has 94 heavy (non-hydrogen) atoms. The lowest BCUT2D eigenvalue weighted by atomic mass is 9.94. The largest absolute Gasteiger partial charge is 0.462 e. The number of aliphatic hydroxyl groups excluding tert-OH is 14. The van der Waals surface area contributed by atoms with Crippen molar-refractivity contribution in [1.82, 2.24) is 20.3 Å². The summed E-state index contributed by atoms with van der Waals surface area (Å²) in [5.74, 6) is -0.129. The Hall–Kier alpha value is -7.96. The summed E-state index contributed by atoms with van der Waals surface area (Å²) in [5.41, 5.74) is -4.16. The first-order chi connectivity index (χ1) is 44.7. The van der Waals surface area contributed by atoms with Gasteiger partial charge in [0.2, 0.25) is 18.9 Å². The van der Waals surface area contributed by atoms with Crippen molar-refractivity contribution < 1.29 is 126 Å². The van der Waals surface area contributed by atoms with E-state index in [9.17, 15) is 97.8 Å². The van der Waals surface area contributed by atoms with Crippen LogP contribution in [0.25, 0.3) is 22.3 Å². The van der Waals surface area contributed by atoms with E-state index >= 15 is 0 Å². The van der Waals surface area contributed by atoms with Gasteiger partial charge in [-0.3, -0.25) is 0 Å². The van der Waals surface area contributed by atoms with Crippen LogP contribution in [0.3, 0.4) is 0 Å². The van der Waals surface area contributed by atoms with Gasteiger partial charge in [-0.05, 0) is 113 Å². The molecule has 0 amide bonds. The third-order valence-electron chi connectivity index (χ3n) is 16.9. The summed E-state index contributed by atoms with van der Waals surface area (Å²) in [6.45, 7) is -2.35. The number of rotatable bonds is 13. The fourth-order valence-electron chi connectivity index (χ4n) is 12.1. The van der Waals surface area contributed by atoms with Gasteiger partial charge in [0.25, 0.3) is 0 Å². The summed E-state index contributed by atoms with van der Waals surface area (Å²) < 4.78 is 124. The van der Waals surface area contributed by atoms with Crippen LogP contribution in [0.2, 0.25) is 0 Å². The zero-order valence-electron chi connectivity index (χ0n) is 48.5. The number of ether oxygens (including phenoxy) is 6. The molecule has 0 aliphatic carbocycles. The molecule has 500 valence electrons. The van der Waals surface area contributed by atoms with Gasteiger partial charge in [-0.15, -0.1) is 0 Å². The Labute approximate surface area is 526 Å². The molecular formula is C64H62F6N4O20. The summed E-state index contributed by atoms with van der Waals surface area (Å²) in [5, 5.41) is 155. The number of aliphatic hydroxyl groups is 14. The van der Waals surface area contributed by atoms with Crippen LogP contribution in [0.15, 0.2) is 139 Å². The van der Waals surface area contributed by atoms with Crippen LogP contribution in [0.1, 0.15) is 56.2 Å². The first-order valence-corrected chi connectivity index (χ1v) is 29.2. The third kappa shape index (κ3) is 12.5. The van der Waals surface area contributed by atoms with E-state index in [1.807, 2.05) is 0 Å². The van der Waals surface area contributed by atoms with E-state index in [1.165, 1.54) is 72.8 Å². The molecule has 8 bridgehead atoms. The van der Waals surface area contributed by atoms with Gasteiger partial charge in [0.05, 0.1) is 42.3 Å². The standard InChI is InChI=1S/C64H62F6N4O20/c65-63(66,67)29-16-28(17-30(21-29)64(68,69)70)46-39-15-13-37(73-39)44(26-5-2-8-32(19-26)90-61-58(87)55(84)50(79)41(23-76)93-61)35-11-10-34(71-35)43(25-4-1-7-31(18-25)89-60-57(86)54(83)49(78)40(22-75)92-60)36-12-14-38(72-36)45(47-52(81)53(82)48(46)74-47)27-6-3-9-33(20-27)91-62-59(88)56(85)51(80)42(24-77)94-62/h1-21,40-42,49-62,71-88H,22-24H2/t40?,41?,42?,49-,50-,51-,52+,53-,54-,55-,56-,57?,58?,59?,60+,61+,62+/m0/s1. The molecule has 5 aliphatic rings. The smallest absolute Gasteiger partial charge is 0.416 e. The lowest BCUT2D eigenvalue weighted by Crippen LogP contribution is -2.60. The summed E-state index contributed by atoms with van der Waals surface area (Å²) in [7, 11) is 0. The topological polar surface area (TPSA) is 398 Å². The molecule has 4 aromatic carbocycles. The molecule has 7 aromatic rings. The Balaban J connectivity index is 1.11. The van der Waals surface area contributed by atoms with Crippen LogP contribution < -0.4 is 30.2 Å². The Kier molecular flexibility index (Phi) is 18.3. The van der Waals surface area contributed by atoms with Gasteiger partial charge < -0.3 is 120 Å². The number of aromatic amines is 3. The number of fused-ring (bicyclic) bond motifs is 8. The van der Waals surface area contributed by atoms with Crippen LogP contribution in [-0.2, 0) is 26.6 Å². The summed E-state index contributed by atoms with van der Waals surface area (Å²) in [6, 6.07) is 27.8. The highest BCUT2D eigenvalue weighted by Gasteiger charge is 2.48. The number of nitrogens with one attached hydrogen (secondary N) is 4. The molecule has 18 N–H and O–H groups in total. The van der Waals surface area contributed by atoms with Gasteiger partial charge in [0.15, 0.2) is 0 Å². The molecule has 0 radical (unpaired) electrons. The highest BCUT2D eigenvalue weighted by molar-refractivity contribution is 5.89. The summed E-state index contributed by atoms with van der Waals surface area (Å²) in [4.78, 5) is 9.93. The number of H-pyrrole nitrogens is 3. The Morgan fingerprint density at radius 3 is 1.00 bits per heavy atom. The number of benzene rings is 4. The number of alkyl halides is 6. The molecule has 4 fully saturated rings. The van der Waals surface area contributed by atoms with Crippen molar-refractivity contribution in [2.75, 3.05) is 19.8 Å². The lowest BCUT2D eigenvalue weighted by Gasteiger charge is -2.39. The Morgan fingerprint density at radius 1 is 0.351 bits per heavy atom. The maximum absolute atomic E-state index is 14.9. The van der Waals surface area contributed by atoms with Crippen LogP contribution in [0.5, 0.6) is 17.2 Å². The minimum atomic E-state index is -5.38. The van der Waals surface area contributed by atoms with Gasteiger partial charge in [-0.2, -0.15) is 26.3 Å². The van der Waals surface area contributed by atoms with Gasteiger partial charge in [-0.1, -0.05) is 36.4 Å². The number of hydrogen-bond donors (Lipinski definition) is 18. The summed E-state index contributed by atoms with van der Waals surface area (Å²) in [6.07, 6.45) is -40.5. The molecule has 12 rings (SSSR count). The average Bonchev–Trinajstić information content (AvgIpc) is 1.58. The van der Waals surface area contributed by atoms with Crippen molar-refractivity contribution in [3.05, 3.63) is 206 Å². The number of aromatic nitrogens is 3. The van der Waals surface area contributed by atoms with Crippen molar-refractivity contribution in [2.45, 2.75) is 117 Å². The molecule has 6 unspecified atom stereocenters. The zero-order valence-corrected chi connectivity index (χ0v) is 48.5. The van der Waals surface area contributed by atoms with E-state index in [0.29, 0.717) is 28.6 Å². The predicted molar refractivity (Wildman–Crippen MR) is 311 cm³/mol. The van der Waals surface area contributed by atoms with Gasteiger partial charge >= 0.3 is 12.4 Å². The normalized spacial score (nSPS) is 30.0. The zero-order chi connectivity index (χ0) is 67.0. The highest BCUT2D eigenvalue weighted by Crippen LogP contribution is 2.44. The maximum atomic E-state index is 14.9. The monoisotopic (exact) mass is 1320 g/mol. The molecule has 30 heteroatoms. The molecular weight excluding hydrogens is 1260 g/mol. The maximum Gasteiger partial charge on any atom is 0.416 e. The molecule has 8 heterocycles. The first-order valence-electron chi connectivity index (χ1n) is 29.2. The van der Waals surface area contributed by atoms with Gasteiger partial charge in [-0.25, -0.2) is 0 Å². The predicted octanol–water partition coefficient (Wildman–Crippen LogP) is -0.403. The van der Waals surface area contributed by atoms with E-state index in [4.69, 9.17) is 28.4 Å². The average molecular weight is 1320 g/mol. The second-order valence-corrected chi connectivity index (χ2v) is 23.0. The first kappa shape index (κ1) is 66.1. The molecule has 17 atom stereocenters. The van der Waals surface area contributed by atoms with Crippen molar-refractivity contribution in [1.29, 1.82) is 0 Å². The quantitative estimate of drug-likeness (QED) is 0.0653. The SMILES string of the molecule is OCC1O[C@@H](Oc2cccc(C3=C4NC(=C(c5cc(C(F)(F)F)cc(C(F)(F)F)c5)c5ccc([nH]5)C(c5cccc(O[C@@H]6OC(CO)[C@H](O)[C@H](O)C6O)c5)=c5ccc([nH]5)=C(c5cccc(O[C@@H]6OC(CO)[C@H](O)[C@H](O)C6O)c5)c5ccc3[nH]5)[C@H](O)[C@@H]4O)c2)C(O)[C@@H](O)[C@H]1O. The minimum absolute atomic E-state index is 0.0203. The van der Waals surface area contributed by atoms with E-state index in [1.54, 1.807) is 36.4 Å². The van der Waals surface area contributed by atoms with E-state index < -0.39 is 164 Å². The van der Waals surface area contributed by atoms with Crippen LogP contribution in [0.4, 0.5) is 26.3 Å². The van der Waals surface area contributed by atoms with Gasteiger partial charge in [0.1, 0.15) is 103 Å². The van der Waals surface area contributed by atoms with Crippen molar-refractivity contribution >= 4 is 22.3 Å². The third-order valence-corrected chi connectivity index (χ3v) is 16.9. The van der Waals surface area contributed by atoms with E-state index in [-0.39, 0.29) is 79.4 Å². The highest BCUT2D eigenvalue weighted by atomic mass is 19.4. The molecule has 5 aliphatic heterocycles. The molecule has 0 spiro atoms. The second kappa shape index (κ2) is 26.0. The number of hydrogen-bond acceptors (Lipinski definition) is 21. The van der Waals surface area contributed by atoms with Crippen LogP contribution >= 0.6 is 0 Å². The minimum Gasteiger partial charge on any atom is -0.462 e. The van der Waals surface area contributed by atoms with Crippen LogP contribution in [-0.4, -0.2) is 211 Å². The Morgan fingerprint density at radius 2 is 0.670 bits per heavy atom. The van der Waals surface area contributed by atoms with E-state index in [0.717, 1.165) is 0 Å². The fourth-order valence-corrected chi connectivity index (χ4v) is 12.1. The summed E-state index contributed by atoms with van der Waals surface area (Å²) >= 11 is 0. The molecule has 4 saturated heterocycles.